The van der Waals surface area contributed by atoms with E-state index in [9.17, 15) is 8.42 Å². The van der Waals surface area contributed by atoms with E-state index in [2.05, 4.69) is 9.97 Å². The SMILES string of the molecule is O=S(=O)(c1ccccc1)c1ccc2nccnc2c1. The lowest BCUT2D eigenvalue weighted by Crippen LogP contribution is -2.01. The monoisotopic (exact) mass is 270 g/mol. The van der Waals surface area contributed by atoms with Crippen molar-refractivity contribution in [2.75, 3.05) is 0 Å². The minimum atomic E-state index is -3.50. The highest BCUT2D eigenvalue weighted by Gasteiger charge is 2.17. The maximum atomic E-state index is 12.4. The Morgan fingerprint density at radius 3 is 2.16 bits per heavy atom. The number of aromatic nitrogens is 2. The van der Waals surface area contributed by atoms with Gasteiger partial charge in [-0.2, -0.15) is 0 Å². The fourth-order valence-corrected chi connectivity index (χ4v) is 3.15. The molecule has 0 bridgehead atoms. The van der Waals surface area contributed by atoms with Gasteiger partial charge < -0.3 is 0 Å². The smallest absolute Gasteiger partial charge is 0.206 e. The first-order valence-corrected chi connectivity index (χ1v) is 7.17. The largest absolute Gasteiger partial charge is 0.253 e. The molecule has 5 heteroatoms. The average molecular weight is 270 g/mol. The highest BCUT2D eigenvalue weighted by atomic mass is 32.2. The molecule has 1 heterocycles. The Balaban J connectivity index is 2.19. The molecule has 19 heavy (non-hydrogen) atoms. The molecule has 0 atom stereocenters. The Morgan fingerprint density at radius 1 is 0.737 bits per heavy atom. The number of hydrogen-bond acceptors (Lipinski definition) is 4. The molecule has 2 aromatic carbocycles. The third-order valence-electron chi connectivity index (χ3n) is 2.80. The van der Waals surface area contributed by atoms with Crippen LogP contribution < -0.4 is 0 Å². The van der Waals surface area contributed by atoms with Gasteiger partial charge in [-0.15, -0.1) is 0 Å². The van der Waals surface area contributed by atoms with Crippen LogP contribution in [0.5, 0.6) is 0 Å². The van der Waals surface area contributed by atoms with Crippen molar-refractivity contribution in [3.8, 4) is 0 Å². The molecule has 0 spiro atoms. The second-order valence-electron chi connectivity index (χ2n) is 4.02. The first kappa shape index (κ1) is 11.8. The molecule has 0 radical (unpaired) electrons. The predicted octanol–water partition coefficient (Wildman–Crippen LogP) is 2.46. The number of hydrogen-bond donors (Lipinski definition) is 0. The molecule has 0 saturated heterocycles. The maximum Gasteiger partial charge on any atom is 0.206 e. The summed E-state index contributed by atoms with van der Waals surface area (Å²) in [7, 11) is -3.50. The standard InChI is InChI=1S/C14H10N2O2S/c17-19(18,11-4-2-1-3-5-11)12-6-7-13-14(10-12)16-9-8-15-13/h1-10H. The molecular weight excluding hydrogens is 260 g/mol. The molecule has 3 aromatic rings. The van der Waals surface area contributed by atoms with Gasteiger partial charge in [0.2, 0.25) is 9.84 Å². The summed E-state index contributed by atoms with van der Waals surface area (Å²) in [6.45, 7) is 0. The van der Waals surface area contributed by atoms with Crippen molar-refractivity contribution in [1.29, 1.82) is 0 Å². The number of fused-ring (bicyclic) bond motifs is 1. The number of sulfone groups is 1. The predicted molar refractivity (Wildman–Crippen MR) is 71.4 cm³/mol. The summed E-state index contributed by atoms with van der Waals surface area (Å²) in [4.78, 5) is 8.75. The van der Waals surface area contributed by atoms with E-state index < -0.39 is 9.84 Å². The van der Waals surface area contributed by atoms with Crippen LogP contribution in [0.1, 0.15) is 0 Å². The topological polar surface area (TPSA) is 59.9 Å². The number of nitrogens with zero attached hydrogens (tertiary/aromatic N) is 2. The molecular formula is C14H10N2O2S. The zero-order valence-corrected chi connectivity index (χ0v) is 10.7. The fraction of sp³-hybridized carbons (Fsp3) is 0. The van der Waals surface area contributed by atoms with Crippen LogP contribution in [0.25, 0.3) is 11.0 Å². The summed E-state index contributed by atoms with van der Waals surface area (Å²) < 4.78 is 24.9. The zero-order valence-electron chi connectivity index (χ0n) is 9.89. The lowest BCUT2D eigenvalue weighted by atomic mass is 10.3. The molecule has 0 amide bonds. The summed E-state index contributed by atoms with van der Waals surface area (Å²) in [6, 6.07) is 13.1. The van der Waals surface area contributed by atoms with Crippen molar-refractivity contribution in [3.05, 3.63) is 60.9 Å². The van der Waals surface area contributed by atoms with E-state index in [4.69, 9.17) is 0 Å². The van der Waals surface area contributed by atoms with Gasteiger partial charge in [-0.25, -0.2) is 8.42 Å². The second-order valence-corrected chi connectivity index (χ2v) is 5.97. The van der Waals surface area contributed by atoms with Gasteiger partial charge in [-0.05, 0) is 30.3 Å². The summed E-state index contributed by atoms with van der Waals surface area (Å²) in [5, 5.41) is 0. The molecule has 0 fully saturated rings. The molecule has 0 saturated carbocycles. The van der Waals surface area contributed by atoms with Crippen LogP contribution in [-0.2, 0) is 9.84 Å². The maximum absolute atomic E-state index is 12.4. The summed E-state index contributed by atoms with van der Waals surface area (Å²) in [5.74, 6) is 0. The van der Waals surface area contributed by atoms with E-state index in [1.807, 2.05) is 0 Å². The van der Waals surface area contributed by atoms with Crippen LogP contribution in [0.15, 0.2) is 70.7 Å². The molecule has 0 aliphatic carbocycles. The van der Waals surface area contributed by atoms with Crippen LogP contribution in [0.2, 0.25) is 0 Å². The number of benzene rings is 2. The van der Waals surface area contributed by atoms with Gasteiger partial charge in [0.05, 0.1) is 20.8 Å². The van der Waals surface area contributed by atoms with Crippen molar-refractivity contribution in [1.82, 2.24) is 9.97 Å². The van der Waals surface area contributed by atoms with Gasteiger partial charge in [0.1, 0.15) is 0 Å². The van der Waals surface area contributed by atoms with Gasteiger partial charge >= 0.3 is 0 Å². The van der Waals surface area contributed by atoms with Gasteiger partial charge in [0.25, 0.3) is 0 Å². The van der Waals surface area contributed by atoms with Crippen LogP contribution in [-0.4, -0.2) is 18.4 Å². The van der Waals surface area contributed by atoms with Gasteiger partial charge in [-0.3, -0.25) is 9.97 Å². The second kappa shape index (κ2) is 4.44. The Kier molecular flexibility index (Phi) is 2.76. The third kappa shape index (κ3) is 2.08. The van der Waals surface area contributed by atoms with Crippen LogP contribution in [0.3, 0.4) is 0 Å². The van der Waals surface area contributed by atoms with Crippen molar-refractivity contribution in [3.63, 3.8) is 0 Å². The highest BCUT2D eigenvalue weighted by molar-refractivity contribution is 7.91. The minimum absolute atomic E-state index is 0.228. The molecule has 1 aromatic heterocycles. The minimum Gasteiger partial charge on any atom is -0.253 e. The van der Waals surface area contributed by atoms with E-state index in [0.717, 1.165) is 0 Å². The molecule has 4 nitrogen and oxygen atoms in total. The summed E-state index contributed by atoms with van der Waals surface area (Å²) in [6.07, 6.45) is 3.12. The normalized spacial score (nSPS) is 11.6. The van der Waals surface area contributed by atoms with Crippen LogP contribution >= 0.6 is 0 Å². The Labute approximate surface area is 110 Å². The molecule has 0 aliphatic heterocycles. The average Bonchev–Trinajstić information content (AvgIpc) is 2.47. The molecule has 0 aliphatic rings. The molecule has 3 rings (SSSR count). The van der Waals surface area contributed by atoms with E-state index in [1.54, 1.807) is 60.9 Å². The van der Waals surface area contributed by atoms with E-state index in [0.29, 0.717) is 11.0 Å². The van der Waals surface area contributed by atoms with Crippen molar-refractivity contribution in [2.45, 2.75) is 9.79 Å². The Hall–Kier alpha value is -2.27. The van der Waals surface area contributed by atoms with Crippen molar-refractivity contribution in [2.24, 2.45) is 0 Å². The fourth-order valence-electron chi connectivity index (χ4n) is 1.85. The summed E-state index contributed by atoms with van der Waals surface area (Å²) in [5.41, 5.74) is 1.24. The quantitative estimate of drug-likeness (QED) is 0.717. The lowest BCUT2D eigenvalue weighted by molar-refractivity contribution is 0.596. The first-order chi connectivity index (χ1) is 9.18. The molecule has 94 valence electrons. The van der Waals surface area contributed by atoms with Gasteiger partial charge in [0, 0.05) is 12.4 Å². The zero-order chi connectivity index (χ0) is 13.3. The van der Waals surface area contributed by atoms with E-state index in [-0.39, 0.29) is 9.79 Å². The first-order valence-electron chi connectivity index (χ1n) is 5.69. The van der Waals surface area contributed by atoms with Gasteiger partial charge in [0.15, 0.2) is 0 Å². The van der Waals surface area contributed by atoms with Crippen LogP contribution in [0.4, 0.5) is 0 Å². The Bertz CT molecular complexity index is 830. The van der Waals surface area contributed by atoms with Crippen LogP contribution in [0, 0.1) is 0 Å². The molecule has 0 unspecified atom stereocenters. The highest BCUT2D eigenvalue weighted by Crippen LogP contribution is 2.22. The third-order valence-corrected chi connectivity index (χ3v) is 4.57. The summed E-state index contributed by atoms with van der Waals surface area (Å²) >= 11 is 0. The van der Waals surface area contributed by atoms with Gasteiger partial charge in [-0.1, -0.05) is 18.2 Å². The Morgan fingerprint density at radius 2 is 1.42 bits per heavy atom. The van der Waals surface area contributed by atoms with E-state index in [1.165, 1.54) is 0 Å². The number of rotatable bonds is 2. The molecule has 0 N–H and O–H groups in total. The van der Waals surface area contributed by atoms with Crippen molar-refractivity contribution >= 4 is 20.9 Å². The lowest BCUT2D eigenvalue weighted by Gasteiger charge is -2.05. The van der Waals surface area contributed by atoms with E-state index >= 15 is 0 Å². The van der Waals surface area contributed by atoms with Crippen molar-refractivity contribution < 1.29 is 8.42 Å².